The lowest BCUT2D eigenvalue weighted by Crippen LogP contribution is -2.51. The SMILES string of the molecule is CCNC(=NCc1ccc(C)cc1C)NCC1(C)COC1. The maximum Gasteiger partial charge on any atom is 0.191 e. The first-order valence-electron chi connectivity index (χ1n) is 7.68. The van der Waals surface area contributed by atoms with E-state index >= 15 is 0 Å². The van der Waals surface area contributed by atoms with E-state index in [0.29, 0.717) is 6.54 Å². The molecule has 4 heteroatoms. The minimum Gasteiger partial charge on any atom is -0.380 e. The molecule has 0 atom stereocenters. The average Bonchev–Trinajstić information content (AvgIpc) is 2.41. The normalized spacial score (nSPS) is 17.2. The van der Waals surface area contributed by atoms with E-state index in [-0.39, 0.29) is 5.41 Å². The summed E-state index contributed by atoms with van der Waals surface area (Å²) in [6.07, 6.45) is 0. The Balaban J connectivity index is 1.96. The number of ether oxygens (including phenoxy) is 1. The largest absolute Gasteiger partial charge is 0.380 e. The van der Waals surface area contributed by atoms with E-state index in [0.717, 1.165) is 32.3 Å². The van der Waals surface area contributed by atoms with Crippen LogP contribution in [0.5, 0.6) is 0 Å². The van der Waals surface area contributed by atoms with Gasteiger partial charge < -0.3 is 15.4 Å². The van der Waals surface area contributed by atoms with Gasteiger partial charge in [-0.15, -0.1) is 0 Å². The number of hydrogen-bond acceptors (Lipinski definition) is 2. The molecule has 1 aliphatic heterocycles. The molecule has 1 saturated heterocycles. The number of nitrogens with zero attached hydrogens (tertiary/aromatic N) is 1. The van der Waals surface area contributed by atoms with Gasteiger partial charge in [0.15, 0.2) is 5.96 Å². The minimum absolute atomic E-state index is 0.246. The molecule has 0 radical (unpaired) electrons. The van der Waals surface area contributed by atoms with Gasteiger partial charge in [0.05, 0.1) is 19.8 Å². The van der Waals surface area contributed by atoms with Crippen molar-refractivity contribution in [2.75, 3.05) is 26.3 Å². The third-order valence-corrected chi connectivity index (χ3v) is 3.83. The number of nitrogens with one attached hydrogen (secondary N) is 2. The van der Waals surface area contributed by atoms with Gasteiger partial charge in [-0.1, -0.05) is 30.7 Å². The first kappa shape index (κ1) is 15.8. The Morgan fingerprint density at radius 1 is 1.29 bits per heavy atom. The second kappa shape index (κ2) is 6.94. The summed E-state index contributed by atoms with van der Waals surface area (Å²) in [5.74, 6) is 0.880. The van der Waals surface area contributed by atoms with Gasteiger partial charge in [0.25, 0.3) is 0 Å². The summed E-state index contributed by atoms with van der Waals surface area (Å²) < 4.78 is 5.29. The van der Waals surface area contributed by atoms with Crippen LogP contribution >= 0.6 is 0 Å². The molecule has 0 spiro atoms. The smallest absolute Gasteiger partial charge is 0.191 e. The molecule has 0 aliphatic carbocycles. The van der Waals surface area contributed by atoms with E-state index in [1.807, 2.05) is 0 Å². The number of guanidine groups is 1. The van der Waals surface area contributed by atoms with Gasteiger partial charge in [-0.2, -0.15) is 0 Å². The van der Waals surface area contributed by atoms with Crippen molar-refractivity contribution in [3.8, 4) is 0 Å². The molecular weight excluding hydrogens is 262 g/mol. The first-order chi connectivity index (χ1) is 10.0. The third kappa shape index (κ3) is 4.46. The van der Waals surface area contributed by atoms with Gasteiger partial charge in [0, 0.05) is 18.5 Å². The summed E-state index contributed by atoms with van der Waals surface area (Å²) in [5.41, 5.74) is 4.11. The summed E-state index contributed by atoms with van der Waals surface area (Å²) in [7, 11) is 0. The highest BCUT2D eigenvalue weighted by Crippen LogP contribution is 2.24. The van der Waals surface area contributed by atoms with Crippen LogP contribution in [0.4, 0.5) is 0 Å². The zero-order valence-electron chi connectivity index (χ0n) is 13.6. The average molecular weight is 289 g/mol. The monoisotopic (exact) mass is 289 g/mol. The predicted octanol–water partition coefficient (Wildman–Crippen LogP) is 2.40. The van der Waals surface area contributed by atoms with Crippen LogP contribution in [0.25, 0.3) is 0 Å². The number of hydrogen-bond donors (Lipinski definition) is 2. The van der Waals surface area contributed by atoms with Crippen molar-refractivity contribution in [2.45, 2.75) is 34.2 Å². The van der Waals surface area contributed by atoms with E-state index in [4.69, 9.17) is 4.74 Å². The third-order valence-electron chi connectivity index (χ3n) is 3.83. The van der Waals surface area contributed by atoms with Gasteiger partial charge >= 0.3 is 0 Å². The Labute approximate surface area is 128 Å². The van der Waals surface area contributed by atoms with Crippen LogP contribution in [0.1, 0.15) is 30.5 Å². The van der Waals surface area contributed by atoms with Crippen LogP contribution in [0.3, 0.4) is 0 Å². The number of aryl methyl sites for hydroxylation is 2. The molecule has 1 aliphatic rings. The fraction of sp³-hybridized carbons (Fsp3) is 0.588. The van der Waals surface area contributed by atoms with Crippen LogP contribution < -0.4 is 10.6 Å². The molecule has 1 aromatic carbocycles. The lowest BCUT2D eigenvalue weighted by molar-refractivity contribution is -0.0971. The molecular formula is C17H27N3O. The molecule has 1 aromatic rings. The second-order valence-corrected chi connectivity index (χ2v) is 6.28. The summed E-state index contributed by atoms with van der Waals surface area (Å²) in [4.78, 5) is 4.69. The fourth-order valence-electron chi connectivity index (χ4n) is 2.38. The Morgan fingerprint density at radius 2 is 2.05 bits per heavy atom. The van der Waals surface area contributed by atoms with Crippen molar-refractivity contribution in [3.63, 3.8) is 0 Å². The van der Waals surface area contributed by atoms with Crippen LogP contribution in [0.15, 0.2) is 23.2 Å². The number of aliphatic imine (C=N–C) groups is 1. The van der Waals surface area contributed by atoms with E-state index < -0.39 is 0 Å². The topological polar surface area (TPSA) is 45.7 Å². The van der Waals surface area contributed by atoms with E-state index in [1.165, 1.54) is 16.7 Å². The summed E-state index contributed by atoms with van der Waals surface area (Å²) >= 11 is 0. The second-order valence-electron chi connectivity index (χ2n) is 6.28. The van der Waals surface area contributed by atoms with Gasteiger partial charge in [-0.05, 0) is 31.9 Å². The van der Waals surface area contributed by atoms with E-state index in [2.05, 4.69) is 61.5 Å². The summed E-state index contributed by atoms with van der Waals surface area (Å²) in [6, 6.07) is 6.52. The molecule has 1 fully saturated rings. The molecule has 1 heterocycles. The summed E-state index contributed by atoms with van der Waals surface area (Å²) in [6.45, 7) is 12.7. The molecule has 0 aromatic heterocycles. The molecule has 0 amide bonds. The van der Waals surface area contributed by atoms with Crippen molar-refractivity contribution in [2.24, 2.45) is 10.4 Å². The number of benzene rings is 1. The quantitative estimate of drug-likeness (QED) is 0.646. The van der Waals surface area contributed by atoms with Crippen molar-refractivity contribution in [1.29, 1.82) is 0 Å². The first-order valence-corrected chi connectivity index (χ1v) is 7.68. The van der Waals surface area contributed by atoms with Crippen molar-refractivity contribution in [3.05, 3.63) is 34.9 Å². The van der Waals surface area contributed by atoms with Crippen molar-refractivity contribution < 1.29 is 4.74 Å². The molecule has 21 heavy (non-hydrogen) atoms. The molecule has 2 rings (SSSR count). The zero-order valence-corrected chi connectivity index (χ0v) is 13.6. The van der Waals surface area contributed by atoms with Crippen LogP contribution in [-0.2, 0) is 11.3 Å². The van der Waals surface area contributed by atoms with Crippen LogP contribution in [0.2, 0.25) is 0 Å². The predicted molar refractivity (Wildman–Crippen MR) is 87.7 cm³/mol. The van der Waals surface area contributed by atoms with E-state index in [9.17, 15) is 0 Å². The van der Waals surface area contributed by atoms with E-state index in [1.54, 1.807) is 0 Å². The molecule has 2 N–H and O–H groups in total. The molecule has 4 nitrogen and oxygen atoms in total. The Morgan fingerprint density at radius 3 is 2.62 bits per heavy atom. The van der Waals surface area contributed by atoms with Crippen LogP contribution in [-0.4, -0.2) is 32.3 Å². The Hall–Kier alpha value is -1.55. The minimum atomic E-state index is 0.246. The molecule has 0 saturated carbocycles. The van der Waals surface area contributed by atoms with Crippen molar-refractivity contribution >= 4 is 5.96 Å². The highest BCUT2D eigenvalue weighted by Gasteiger charge is 2.33. The lowest BCUT2D eigenvalue weighted by Gasteiger charge is -2.38. The van der Waals surface area contributed by atoms with Crippen molar-refractivity contribution in [1.82, 2.24) is 10.6 Å². The lowest BCUT2D eigenvalue weighted by atomic mass is 9.89. The maximum atomic E-state index is 5.29. The zero-order chi connectivity index (χ0) is 15.3. The Kier molecular flexibility index (Phi) is 5.23. The maximum absolute atomic E-state index is 5.29. The van der Waals surface area contributed by atoms with Gasteiger partial charge in [-0.25, -0.2) is 4.99 Å². The molecule has 0 unspecified atom stereocenters. The number of rotatable bonds is 5. The summed E-state index contributed by atoms with van der Waals surface area (Å²) in [5, 5.41) is 6.73. The molecule has 116 valence electrons. The fourth-order valence-corrected chi connectivity index (χ4v) is 2.38. The van der Waals surface area contributed by atoms with Gasteiger partial charge in [0.1, 0.15) is 0 Å². The molecule has 0 bridgehead atoms. The highest BCUT2D eigenvalue weighted by atomic mass is 16.5. The van der Waals surface area contributed by atoms with Gasteiger partial charge in [0.2, 0.25) is 0 Å². The van der Waals surface area contributed by atoms with Gasteiger partial charge in [-0.3, -0.25) is 0 Å². The highest BCUT2D eigenvalue weighted by molar-refractivity contribution is 5.79. The Bertz CT molecular complexity index is 507. The van der Waals surface area contributed by atoms with Crippen LogP contribution in [0, 0.1) is 19.3 Å². The standard InChI is InChI=1S/C17H27N3O/c1-5-18-16(20-10-17(4)11-21-12-17)19-9-15-7-6-13(2)8-14(15)3/h6-8H,5,9-12H2,1-4H3,(H2,18,19,20).